The fraction of sp³-hybridized carbons (Fsp3) is 1.00. The van der Waals surface area contributed by atoms with Gasteiger partial charge in [0.05, 0.1) is 5.66 Å². The van der Waals surface area contributed by atoms with Gasteiger partial charge in [-0.1, -0.05) is 34.1 Å². The first-order valence-electron chi connectivity index (χ1n) is 5.23. The van der Waals surface area contributed by atoms with Crippen molar-refractivity contribution in [3.05, 3.63) is 0 Å². The Morgan fingerprint density at radius 3 is 1.69 bits per heavy atom. The van der Waals surface area contributed by atoms with Crippen molar-refractivity contribution in [3.63, 3.8) is 0 Å². The number of rotatable bonds is 5. The minimum absolute atomic E-state index is 0.0912. The molecular weight excluding hydrogens is 176 g/mol. The Hall–Kier alpha value is 0.137. The van der Waals surface area contributed by atoms with E-state index in [4.69, 9.17) is 0 Å². The van der Waals surface area contributed by atoms with E-state index in [0.29, 0.717) is 11.0 Å². The van der Waals surface area contributed by atoms with Gasteiger partial charge in [0, 0.05) is 10.2 Å². The van der Waals surface area contributed by atoms with Crippen LogP contribution in [0.25, 0.3) is 0 Å². The maximum atomic E-state index is 3.48. The summed E-state index contributed by atoms with van der Waals surface area (Å²) in [6.45, 7) is 9.23. The van der Waals surface area contributed by atoms with E-state index in [1.165, 1.54) is 16.7 Å². The predicted octanol–water partition coefficient (Wildman–Crippen LogP) is 0.731. The average molecular weight is 202 g/mol. The molecule has 0 heterocycles. The lowest BCUT2D eigenvalue weighted by molar-refractivity contribution is 0.137. The second kappa shape index (κ2) is 4.58. The maximum absolute atomic E-state index is 3.48. The Kier molecular flexibility index (Phi) is 4.62. The minimum atomic E-state index is 0.0912. The van der Waals surface area contributed by atoms with Crippen molar-refractivity contribution in [3.8, 4) is 0 Å². The first-order valence-corrected chi connectivity index (χ1v) is 6.23. The molecule has 1 atom stereocenters. The van der Waals surface area contributed by atoms with Crippen molar-refractivity contribution in [1.29, 1.82) is 0 Å². The normalized spacial score (nSPS) is 16.2. The molecule has 0 aromatic carbocycles. The lowest BCUT2D eigenvalue weighted by Crippen LogP contribution is -2.64. The summed E-state index contributed by atoms with van der Waals surface area (Å²) >= 11 is 0. The highest BCUT2D eigenvalue weighted by Gasteiger charge is 2.42. The largest absolute Gasteiger partial charge is 0.302 e. The summed E-state index contributed by atoms with van der Waals surface area (Å²) in [5.41, 5.74) is 0.0912. The van der Waals surface area contributed by atoms with E-state index in [2.05, 4.69) is 52.4 Å². The molecule has 0 spiro atoms. The van der Waals surface area contributed by atoms with Gasteiger partial charge in [-0.05, 0) is 25.1 Å². The molecule has 0 rings (SSSR count). The molecule has 1 unspecified atom stereocenters. The van der Waals surface area contributed by atoms with Gasteiger partial charge in [0.25, 0.3) is 0 Å². The van der Waals surface area contributed by atoms with Gasteiger partial charge in [-0.15, -0.1) is 0 Å². The summed E-state index contributed by atoms with van der Waals surface area (Å²) in [4.78, 5) is 0. The third-order valence-corrected chi connectivity index (χ3v) is 4.11. The van der Waals surface area contributed by atoms with Gasteiger partial charge >= 0.3 is 0 Å². The van der Waals surface area contributed by atoms with E-state index in [9.17, 15) is 0 Å². The van der Waals surface area contributed by atoms with Crippen molar-refractivity contribution in [2.75, 3.05) is 14.1 Å². The van der Waals surface area contributed by atoms with Crippen LogP contribution in [0.1, 0.15) is 34.1 Å². The van der Waals surface area contributed by atoms with Crippen LogP contribution in [0.4, 0.5) is 0 Å². The summed E-state index contributed by atoms with van der Waals surface area (Å²) in [5, 5.41) is 7.31. The Balaban J connectivity index is 4.91. The third-order valence-electron chi connectivity index (χ3n) is 3.32. The number of hydrogen-bond donors (Lipinski definition) is 2. The van der Waals surface area contributed by atoms with Crippen molar-refractivity contribution in [2.45, 2.75) is 44.8 Å². The highest BCUT2D eigenvalue weighted by molar-refractivity contribution is 6.15. The molecule has 0 aromatic rings. The molecule has 0 bridgehead atoms. The zero-order valence-electron chi connectivity index (χ0n) is 10.3. The lowest BCUT2D eigenvalue weighted by Gasteiger charge is -2.49. The van der Waals surface area contributed by atoms with Gasteiger partial charge in [0.1, 0.15) is 0 Å². The van der Waals surface area contributed by atoms with Gasteiger partial charge in [0.2, 0.25) is 0 Å². The Bertz CT molecular complexity index is 147. The van der Waals surface area contributed by atoms with E-state index in [1.807, 2.05) is 0 Å². The molecule has 0 aliphatic carbocycles. The zero-order chi connectivity index (χ0) is 10.7. The SMILES string of the molecule is CCC(C)C(NC)(NC)C(C)(C)[SiH3]. The average Bonchev–Trinajstić information content (AvgIpc) is 2.04. The van der Waals surface area contributed by atoms with Crippen molar-refractivity contribution in [1.82, 2.24) is 10.6 Å². The molecule has 3 heteroatoms. The van der Waals surface area contributed by atoms with Gasteiger partial charge in [0.15, 0.2) is 0 Å². The fourth-order valence-corrected chi connectivity index (χ4v) is 3.41. The molecule has 0 aromatic heterocycles. The van der Waals surface area contributed by atoms with Crippen molar-refractivity contribution in [2.24, 2.45) is 5.92 Å². The number of hydrogen-bond acceptors (Lipinski definition) is 2. The Labute approximate surface area is 86.3 Å². The van der Waals surface area contributed by atoms with E-state index in [0.717, 1.165) is 0 Å². The number of nitrogens with one attached hydrogen (secondary N) is 2. The first kappa shape index (κ1) is 13.1. The molecule has 0 fully saturated rings. The molecule has 0 saturated carbocycles. The van der Waals surface area contributed by atoms with Crippen LogP contribution in [0.3, 0.4) is 0 Å². The van der Waals surface area contributed by atoms with Crippen LogP contribution in [0, 0.1) is 5.92 Å². The van der Waals surface area contributed by atoms with Gasteiger partial charge in [-0.25, -0.2) is 0 Å². The Morgan fingerprint density at radius 2 is 1.62 bits per heavy atom. The summed E-state index contributed by atoms with van der Waals surface area (Å²) in [6, 6.07) is 0. The first-order chi connectivity index (χ1) is 5.85. The molecule has 0 saturated heterocycles. The third kappa shape index (κ3) is 2.33. The minimum Gasteiger partial charge on any atom is -0.302 e. The van der Waals surface area contributed by atoms with Crippen LogP contribution in [-0.4, -0.2) is 30.0 Å². The highest BCUT2D eigenvalue weighted by atomic mass is 28.1. The molecule has 2 N–H and O–H groups in total. The fourth-order valence-electron chi connectivity index (χ4n) is 2.41. The summed E-state index contributed by atoms with van der Waals surface area (Å²) < 4.78 is 0. The smallest absolute Gasteiger partial charge is 0.0727 e. The highest BCUT2D eigenvalue weighted by Crippen LogP contribution is 2.38. The van der Waals surface area contributed by atoms with E-state index >= 15 is 0 Å². The maximum Gasteiger partial charge on any atom is 0.0727 e. The second-order valence-electron chi connectivity index (χ2n) is 4.87. The predicted molar refractivity (Wildman–Crippen MR) is 64.3 cm³/mol. The molecule has 0 aliphatic rings. The van der Waals surface area contributed by atoms with Crippen LogP contribution in [0.2, 0.25) is 5.04 Å². The quantitative estimate of drug-likeness (QED) is 0.507. The van der Waals surface area contributed by atoms with E-state index in [1.54, 1.807) is 0 Å². The van der Waals surface area contributed by atoms with Crippen molar-refractivity contribution >= 4 is 10.2 Å². The molecule has 0 amide bonds. The molecule has 2 nitrogen and oxygen atoms in total. The van der Waals surface area contributed by atoms with Gasteiger partial charge in [-0.2, -0.15) is 0 Å². The standard InChI is InChI=1S/C10H26N2Si/c1-7-8(2)10(11-5,12-6)9(3,4)13/h8,11-12H,7H2,1-6,13H3. The molecule has 13 heavy (non-hydrogen) atoms. The molecule has 80 valence electrons. The van der Waals surface area contributed by atoms with Crippen LogP contribution < -0.4 is 10.6 Å². The van der Waals surface area contributed by atoms with Gasteiger partial charge in [-0.3, -0.25) is 0 Å². The molecular formula is C10H26N2Si. The van der Waals surface area contributed by atoms with Crippen LogP contribution >= 0.6 is 0 Å². The summed E-state index contributed by atoms with van der Waals surface area (Å²) in [5.74, 6) is 0.648. The van der Waals surface area contributed by atoms with Crippen LogP contribution in [0.5, 0.6) is 0 Å². The lowest BCUT2D eigenvalue weighted by atomic mass is 9.81. The second-order valence-corrected chi connectivity index (χ2v) is 7.37. The van der Waals surface area contributed by atoms with Crippen LogP contribution in [-0.2, 0) is 0 Å². The molecule has 0 radical (unpaired) electrons. The van der Waals surface area contributed by atoms with E-state index < -0.39 is 0 Å². The monoisotopic (exact) mass is 202 g/mol. The van der Waals surface area contributed by atoms with Crippen molar-refractivity contribution < 1.29 is 0 Å². The Morgan fingerprint density at radius 1 is 1.23 bits per heavy atom. The summed E-state index contributed by atoms with van der Waals surface area (Å²) in [7, 11) is 5.30. The van der Waals surface area contributed by atoms with E-state index in [-0.39, 0.29) is 5.66 Å². The molecule has 0 aliphatic heterocycles. The topological polar surface area (TPSA) is 24.1 Å². The summed E-state index contributed by atoms with van der Waals surface area (Å²) in [6.07, 6.45) is 1.20. The van der Waals surface area contributed by atoms with Gasteiger partial charge < -0.3 is 10.6 Å². The zero-order valence-corrected chi connectivity index (χ0v) is 12.3. The van der Waals surface area contributed by atoms with Crippen LogP contribution in [0.15, 0.2) is 0 Å².